The number of nitrogens with one attached hydrogen (secondary N) is 1. The molecule has 35 heavy (non-hydrogen) atoms. The van der Waals surface area contributed by atoms with E-state index < -0.39 is 23.8 Å². The molecule has 3 aromatic rings. The standard InChI is InChI=1S/C24H24N2O8S/c1-4-11-32-24(30)18-13(2)19(20(25)27)35-22(18)26-21(28)17-10-9-16(34-17)12-33-15-7-5-14(6-8-15)23(29)31-3/h5-10H,4,11-12H2,1-3H3,(H2,25,27)(H,26,28). The molecule has 2 aromatic heterocycles. The van der Waals surface area contributed by atoms with Crippen LogP contribution in [0, 0.1) is 6.92 Å². The number of nitrogens with two attached hydrogens (primary N) is 1. The van der Waals surface area contributed by atoms with Gasteiger partial charge >= 0.3 is 11.9 Å². The number of anilines is 1. The van der Waals surface area contributed by atoms with Gasteiger partial charge in [0.05, 0.1) is 29.7 Å². The zero-order chi connectivity index (χ0) is 25.5. The van der Waals surface area contributed by atoms with E-state index in [0.717, 1.165) is 11.3 Å². The molecule has 2 heterocycles. The molecule has 0 spiro atoms. The van der Waals surface area contributed by atoms with Crippen molar-refractivity contribution in [3.63, 3.8) is 0 Å². The minimum Gasteiger partial charge on any atom is -0.486 e. The number of hydrogen-bond donors (Lipinski definition) is 2. The molecule has 0 radical (unpaired) electrons. The molecule has 1 aromatic carbocycles. The molecule has 3 rings (SSSR count). The van der Waals surface area contributed by atoms with Gasteiger partial charge in [0, 0.05) is 0 Å². The van der Waals surface area contributed by atoms with Gasteiger partial charge in [0.25, 0.3) is 11.8 Å². The monoisotopic (exact) mass is 500 g/mol. The number of esters is 2. The minimum absolute atomic E-state index is 0.0239. The molecule has 184 valence electrons. The third-order valence-corrected chi connectivity index (χ3v) is 6.00. The molecule has 0 bridgehead atoms. The maximum absolute atomic E-state index is 12.8. The first-order valence-electron chi connectivity index (χ1n) is 10.6. The van der Waals surface area contributed by atoms with E-state index in [2.05, 4.69) is 10.1 Å². The Balaban J connectivity index is 1.70. The molecular formula is C24H24N2O8S. The highest BCUT2D eigenvalue weighted by molar-refractivity contribution is 7.18. The van der Waals surface area contributed by atoms with Crippen molar-refractivity contribution >= 4 is 40.1 Å². The van der Waals surface area contributed by atoms with Crippen molar-refractivity contribution in [2.45, 2.75) is 26.9 Å². The first-order chi connectivity index (χ1) is 16.7. The van der Waals surface area contributed by atoms with Crippen LogP contribution < -0.4 is 15.8 Å². The molecule has 0 aliphatic carbocycles. The van der Waals surface area contributed by atoms with Gasteiger partial charge in [-0.25, -0.2) is 9.59 Å². The number of benzene rings is 1. The summed E-state index contributed by atoms with van der Waals surface area (Å²) in [6, 6.07) is 9.37. The molecule has 10 nitrogen and oxygen atoms in total. The Morgan fingerprint density at radius 3 is 2.40 bits per heavy atom. The smallest absolute Gasteiger partial charge is 0.341 e. The van der Waals surface area contributed by atoms with E-state index in [1.54, 1.807) is 37.3 Å². The van der Waals surface area contributed by atoms with Crippen molar-refractivity contribution < 1.29 is 37.8 Å². The Kier molecular flexibility index (Phi) is 8.26. The molecule has 0 fully saturated rings. The predicted octanol–water partition coefficient (Wildman–Crippen LogP) is 3.93. The predicted molar refractivity (Wildman–Crippen MR) is 127 cm³/mol. The summed E-state index contributed by atoms with van der Waals surface area (Å²) in [7, 11) is 1.30. The maximum Gasteiger partial charge on any atom is 0.341 e. The lowest BCUT2D eigenvalue weighted by Gasteiger charge is -2.07. The number of furan rings is 1. The number of carbonyl (C=O) groups is 4. The summed E-state index contributed by atoms with van der Waals surface area (Å²) in [6.45, 7) is 3.64. The third kappa shape index (κ3) is 6.07. The molecular weight excluding hydrogens is 476 g/mol. The van der Waals surface area contributed by atoms with Crippen molar-refractivity contribution in [3.8, 4) is 5.75 Å². The Labute approximate surface area is 205 Å². The molecule has 0 saturated heterocycles. The normalized spacial score (nSPS) is 10.5. The Morgan fingerprint density at radius 2 is 1.77 bits per heavy atom. The second kappa shape index (κ2) is 11.3. The summed E-state index contributed by atoms with van der Waals surface area (Å²) >= 11 is 0.891. The Hall–Kier alpha value is -4.12. The van der Waals surface area contributed by atoms with Crippen molar-refractivity contribution in [3.05, 3.63) is 69.5 Å². The van der Waals surface area contributed by atoms with Gasteiger partial charge in [0.15, 0.2) is 5.76 Å². The van der Waals surface area contributed by atoms with Gasteiger partial charge in [-0.05, 0) is 55.3 Å². The van der Waals surface area contributed by atoms with Crippen LogP contribution >= 0.6 is 11.3 Å². The lowest BCUT2D eigenvalue weighted by Crippen LogP contribution is -2.15. The summed E-state index contributed by atoms with van der Waals surface area (Å²) in [4.78, 5) is 48.7. The number of methoxy groups -OCH3 is 1. The first kappa shape index (κ1) is 25.5. The van der Waals surface area contributed by atoms with Gasteiger partial charge in [-0.1, -0.05) is 6.92 Å². The van der Waals surface area contributed by atoms with Crippen LogP contribution in [0.5, 0.6) is 5.75 Å². The van der Waals surface area contributed by atoms with E-state index in [1.807, 2.05) is 6.92 Å². The molecule has 2 amide bonds. The third-order valence-electron chi connectivity index (χ3n) is 4.78. The first-order valence-corrected chi connectivity index (χ1v) is 11.4. The topological polar surface area (TPSA) is 147 Å². The molecule has 0 saturated carbocycles. The number of hydrogen-bond acceptors (Lipinski definition) is 9. The van der Waals surface area contributed by atoms with Gasteiger partial charge in [-0.3, -0.25) is 9.59 Å². The van der Waals surface area contributed by atoms with Crippen LogP contribution in [-0.2, 0) is 16.1 Å². The van der Waals surface area contributed by atoms with Crippen LogP contribution in [0.1, 0.15) is 65.6 Å². The van der Waals surface area contributed by atoms with Crippen LogP contribution in [-0.4, -0.2) is 37.5 Å². The summed E-state index contributed by atoms with van der Waals surface area (Å²) in [5.41, 5.74) is 6.21. The fourth-order valence-corrected chi connectivity index (χ4v) is 4.09. The minimum atomic E-state index is -0.713. The largest absolute Gasteiger partial charge is 0.486 e. The average molecular weight is 501 g/mol. The summed E-state index contributed by atoms with van der Waals surface area (Å²) in [5, 5.41) is 2.74. The molecule has 11 heteroatoms. The lowest BCUT2D eigenvalue weighted by molar-refractivity contribution is 0.0505. The highest BCUT2D eigenvalue weighted by atomic mass is 32.1. The van der Waals surface area contributed by atoms with Crippen molar-refractivity contribution in [2.75, 3.05) is 19.0 Å². The van der Waals surface area contributed by atoms with Crippen molar-refractivity contribution in [1.82, 2.24) is 0 Å². The lowest BCUT2D eigenvalue weighted by atomic mass is 10.1. The van der Waals surface area contributed by atoms with Gasteiger partial charge in [0.2, 0.25) is 0 Å². The van der Waals surface area contributed by atoms with E-state index in [4.69, 9.17) is 19.6 Å². The van der Waals surface area contributed by atoms with Crippen LogP contribution in [0.15, 0.2) is 40.8 Å². The Morgan fingerprint density at radius 1 is 1.06 bits per heavy atom. The SMILES string of the molecule is CCCOC(=O)c1c(NC(=O)c2ccc(COc3ccc(C(=O)OC)cc3)o2)sc(C(N)=O)c1C. The van der Waals surface area contributed by atoms with Crippen LogP contribution in [0.3, 0.4) is 0 Å². The summed E-state index contributed by atoms with van der Waals surface area (Å²) in [5.74, 6) is -1.61. The second-order valence-electron chi connectivity index (χ2n) is 7.29. The van der Waals surface area contributed by atoms with Gasteiger partial charge in [-0.15, -0.1) is 11.3 Å². The number of thiophene rings is 1. The van der Waals surface area contributed by atoms with E-state index >= 15 is 0 Å². The van der Waals surface area contributed by atoms with Gasteiger partial charge in [0.1, 0.15) is 23.1 Å². The van der Waals surface area contributed by atoms with Crippen LogP contribution in [0.25, 0.3) is 0 Å². The molecule has 0 unspecified atom stereocenters. The van der Waals surface area contributed by atoms with E-state index in [1.165, 1.54) is 13.2 Å². The van der Waals surface area contributed by atoms with E-state index in [9.17, 15) is 19.2 Å². The molecule has 0 aliphatic heterocycles. The zero-order valence-corrected chi connectivity index (χ0v) is 20.2. The molecule has 0 aliphatic rings. The number of carbonyl (C=O) groups excluding carboxylic acids is 4. The van der Waals surface area contributed by atoms with Gasteiger partial charge in [-0.2, -0.15) is 0 Å². The maximum atomic E-state index is 12.8. The number of rotatable bonds is 10. The highest BCUT2D eigenvalue weighted by Gasteiger charge is 2.26. The number of ether oxygens (including phenoxy) is 3. The molecule has 3 N–H and O–H groups in total. The number of primary amides is 1. The van der Waals surface area contributed by atoms with Crippen molar-refractivity contribution in [1.29, 1.82) is 0 Å². The van der Waals surface area contributed by atoms with Gasteiger partial charge < -0.3 is 29.7 Å². The molecule has 0 atom stereocenters. The quantitative estimate of drug-likeness (QED) is 0.398. The van der Waals surface area contributed by atoms with E-state index in [0.29, 0.717) is 29.1 Å². The fourth-order valence-electron chi connectivity index (χ4n) is 3.05. The second-order valence-corrected chi connectivity index (χ2v) is 8.31. The fraction of sp³-hybridized carbons (Fsp3) is 0.250. The number of amides is 2. The summed E-state index contributed by atoms with van der Waals surface area (Å²) in [6.07, 6.45) is 0.617. The highest BCUT2D eigenvalue weighted by Crippen LogP contribution is 2.34. The van der Waals surface area contributed by atoms with Crippen molar-refractivity contribution in [2.24, 2.45) is 5.73 Å². The Bertz CT molecular complexity index is 1240. The van der Waals surface area contributed by atoms with Crippen LogP contribution in [0.4, 0.5) is 5.00 Å². The zero-order valence-electron chi connectivity index (χ0n) is 19.3. The van der Waals surface area contributed by atoms with Crippen LogP contribution in [0.2, 0.25) is 0 Å². The van der Waals surface area contributed by atoms with E-state index in [-0.39, 0.29) is 34.4 Å². The summed E-state index contributed by atoms with van der Waals surface area (Å²) < 4.78 is 21.0. The average Bonchev–Trinajstić information content (AvgIpc) is 3.45.